The standard InChI is InChI=1S/C30H33ClF2N8O3S/c1-17-4-10-22(11-5-17)45(43,44)40-12-2-3-20(16-40)36-29-35-15-25-28(39-29)41(21-8-6-18(7-9-21)27(34)42)30(37-25)38-26-23(31)13-19(32)14-24(26)33/h4-5,10-11,13-15,18,20-21H,2-3,6-9,12,16H2,1H3,(H2,34,42)(H,37,38)(H,35,36,39)/t18-,20-,21-/m1/s1. The van der Waals surface area contributed by atoms with Gasteiger partial charge in [-0.1, -0.05) is 29.3 Å². The Morgan fingerprint density at radius 2 is 1.80 bits per heavy atom. The lowest BCUT2D eigenvalue weighted by atomic mass is 9.85. The molecule has 1 atom stereocenters. The number of hydrogen-bond donors (Lipinski definition) is 3. The number of rotatable bonds is 8. The fourth-order valence-electron chi connectivity index (χ4n) is 6.11. The number of nitrogens with two attached hydrogens (primary N) is 1. The van der Waals surface area contributed by atoms with E-state index in [2.05, 4.69) is 20.6 Å². The molecule has 3 heterocycles. The van der Waals surface area contributed by atoms with Crippen molar-refractivity contribution in [3.8, 4) is 0 Å². The maximum absolute atomic E-state index is 14.8. The van der Waals surface area contributed by atoms with Crippen LogP contribution in [0.5, 0.6) is 0 Å². The molecule has 45 heavy (non-hydrogen) atoms. The van der Waals surface area contributed by atoms with Crippen LogP contribution < -0.4 is 16.4 Å². The Labute approximate surface area is 264 Å². The molecule has 238 valence electrons. The van der Waals surface area contributed by atoms with E-state index in [1.807, 2.05) is 11.5 Å². The second-order valence-corrected chi connectivity index (χ2v) is 14.0. The SMILES string of the molecule is Cc1ccc(S(=O)(=O)N2CCC[C@@H](Nc3ncc4nc(Nc5c(F)cc(F)cc5Cl)n([C@H]5CC[C@H](C(N)=O)CC5)c4n3)C2)cc1. The number of nitrogens with one attached hydrogen (secondary N) is 2. The molecule has 0 radical (unpaired) electrons. The van der Waals surface area contributed by atoms with Crippen LogP contribution in [0.15, 0.2) is 47.5 Å². The number of benzene rings is 2. The molecule has 2 aromatic heterocycles. The van der Waals surface area contributed by atoms with Crippen molar-refractivity contribution in [1.82, 2.24) is 23.8 Å². The van der Waals surface area contributed by atoms with E-state index in [9.17, 15) is 22.0 Å². The van der Waals surface area contributed by atoms with Crippen molar-refractivity contribution in [1.29, 1.82) is 0 Å². The number of carbonyl (C=O) groups is 1. The lowest BCUT2D eigenvalue weighted by Gasteiger charge is -2.32. The smallest absolute Gasteiger partial charge is 0.243 e. The summed E-state index contributed by atoms with van der Waals surface area (Å²) in [7, 11) is -3.67. The Bertz CT molecular complexity index is 1820. The third-order valence-electron chi connectivity index (χ3n) is 8.52. The van der Waals surface area contributed by atoms with Crippen LogP contribution in [0.25, 0.3) is 11.2 Å². The number of anilines is 3. The van der Waals surface area contributed by atoms with Gasteiger partial charge in [-0.05, 0) is 63.6 Å². The number of nitrogens with zero attached hydrogens (tertiary/aromatic N) is 5. The molecule has 1 saturated carbocycles. The van der Waals surface area contributed by atoms with Gasteiger partial charge in [-0.3, -0.25) is 9.36 Å². The first-order valence-corrected chi connectivity index (χ1v) is 16.6. The Morgan fingerprint density at radius 3 is 2.49 bits per heavy atom. The largest absolute Gasteiger partial charge is 0.369 e. The highest BCUT2D eigenvalue weighted by Gasteiger charge is 2.32. The number of piperidine rings is 1. The molecule has 11 nitrogen and oxygen atoms in total. The van der Waals surface area contributed by atoms with E-state index < -0.39 is 21.7 Å². The molecular formula is C30H33ClF2N8O3S. The van der Waals surface area contributed by atoms with Crippen molar-refractivity contribution >= 4 is 56.3 Å². The van der Waals surface area contributed by atoms with Gasteiger partial charge < -0.3 is 16.4 Å². The summed E-state index contributed by atoms with van der Waals surface area (Å²) in [4.78, 5) is 25.9. The molecule has 4 aromatic rings. The predicted octanol–water partition coefficient (Wildman–Crippen LogP) is 5.29. The molecule has 4 N–H and O–H groups in total. The monoisotopic (exact) mass is 658 g/mol. The minimum atomic E-state index is -3.67. The molecule has 1 amide bonds. The quantitative estimate of drug-likeness (QED) is 0.231. The summed E-state index contributed by atoms with van der Waals surface area (Å²) in [6, 6.07) is 8.12. The molecule has 2 fully saturated rings. The van der Waals surface area contributed by atoms with Gasteiger partial charge in [0.1, 0.15) is 11.3 Å². The number of fused-ring (bicyclic) bond motifs is 1. The van der Waals surface area contributed by atoms with E-state index in [4.69, 9.17) is 22.3 Å². The third-order valence-corrected chi connectivity index (χ3v) is 10.7. The number of halogens is 3. The van der Waals surface area contributed by atoms with Crippen LogP contribution in [0.3, 0.4) is 0 Å². The second kappa shape index (κ2) is 12.5. The van der Waals surface area contributed by atoms with E-state index in [1.54, 1.807) is 24.3 Å². The minimum absolute atomic E-state index is 0.135. The van der Waals surface area contributed by atoms with E-state index in [0.29, 0.717) is 56.2 Å². The van der Waals surface area contributed by atoms with Gasteiger partial charge in [0.05, 0.1) is 21.8 Å². The molecule has 0 unspecified atom stereocenters. The highest BCUT2D eigenvalue weighted by molar-refractivity contribution is 7.89. The van der Waals surface area contributed by atoms with Gasteiger partial charge in [-0.15, -0.1) is 0 Å². The molecule has 6 rings (SSSR count). The van der Waals surface area contributed by atoms with Gasteiger partial charge in [0.25, 0.3) is 0 Å². The van der Waals surface area contributed by atoms with E-state index in [1.165, 1.54) is 10.5 Å². The number of aromatic nitrogens is 4. The Morgan fingerprint density at radius 1 is 1.07 bits per heavy atom. The van der Waals surface area contributed by atoms with E-state index in [0.717, 1.165) is 17.7 Å². The molecule has 0 spiro atoms. The lowest BCUT2D eigenvalue weighted by Crippen LogP contribution is -2.45. The summed E-state index contributed by atoms with van der Waals surface area (Å²) in [6.45, 7) is 2.55. The third kappa shape index (κ3) is 6.44. The molecule has 1 aliphatic carbocycles. The number of amides is 1. The maximum atomic E-state index is 14.8. The summed E-state index contributed by atoms with van der Waals surface area (Å²) in [5.41, 5.74) is 7.27. The van der Waals surface area contributed by atoms with Crippen LogP contribution >= 0.6 is 11.6 Å². The van der Waals surface area contributed by atoms with Crippen LogP contribution in [0.4, 0.5) is 26.4 Å². The second-order valence-electron chi connectivity index (χ2n) is 11.6. The van der Waals surface area contributed by atoms with E-state index in [-0.39, 0.29) is 58.0 Å². The zero-order valence-electron chi connectivity index (χ0n) is 24.5. The molecule has 1 saturated heterocycles. The van der Waals surface area contributed by atoms with Gasteiger partial charge in [0, 0.05) is 37.2 Å². The van der Waals surface area contributed by atoms with Crippen LogP contribution in [0, 0.1) is 24.5 Å². The van der Waals surface area contributed by atoms with E-state index >= 15 is 0 Å². The first-order chi connectivity index (χ1) is 21.5. The van der Waals surface area contributed by atoms with Crippen molar-refractivity contribution in [2.45, 2.75) is 62.4 Å². The van der Waals surface area contributed by atoms with Gasteiger partial charge in [0.2, 0.25) is 27.8 Å². The first kappa shape index (κ1) is 31.1. The molecule has 2 aliphatic rings. The average Bonchev–Trinajstić information content (AvgIpc) is 3.36. The number of hydrogen-bond acceptors (Lipinski definition) is 8. The van der Waals surface area contributed by atoms with Crippen molar-refractivity contribution in [2.75, 3.05) is 23.7 Å². The number of aryl methyl sites for hydroxylation is 1. The summed E-state index contributed by atoms with van der Waals surface area (Å²) >= 11 is 6.18. The normalized spacial score (nSPS) is 21.1. The highest BCUT2D eigenvalue weighted by atomic mass is 35.5. The summed E-state index contributed by atoms with van der Waals surface area (Å²) in [5, 5.41) is 6.07. The summed E-state index contributed by atoms with van der Waals surface area (Å²) < 4.78 is 58.5. The van der Waals surface area contributed by atoms with Crippen LogP contribution in [-0.4, -0.2) is 57.3 Å². The Hall–Kier alpha value is -3.88. The number of primary amides is 1. The minimum Gasteiger partial charge on any atom is -0.369 e. The Balaban J connectivity index is 1.30. The van der Waals surface area contributed by atoms with Crippen molar-refractivity contribution in [3.63, 3.8) is 0 Å². The topological polar surface area (TPSA) is 148 Å². The van der Waals surface area contributed by atoms with Crippen LogP contribution in [0.1, 0.15) is 50.1 Å². The van der Waals surface area contributed by atoms with Gasteiger partial charge in [0.15, 0.2) is 11.5 Å². The summed E-state index contributed by atoms with van der Waals surface area (Å²) in [6.07, 6.45) is 5.22. The zero-order valence-corrected chi connectivity index (χ0v) is 26.1. The van der Waals surface area contributed by atoms with Gasteiger partial charge in [-0.2, -0.15) is 9.29 Å². The fraction of sp³-hybridized carbons (Fsp3) is 0.400. The molecular weight excluding hydrogens is 626 g/mol. The predicted molar refractivity (Wildman–Crippen MR) is 167 cm³/mol. The molecule has 1 aliphatic heterocycles. The number of sulfonamides is 1. The molecule has 15 heteroatoms. The van der Waals surface area contributed by atoms with Crippen LogP contribution in [0.2, 0.25) is 5.02 Å². The number of carbonyl (C=O) groups excluding carboxylic acids is 1. The fourth-order valence-corrected chi connectivity index (χ4v) is 7.87. The van der Waals surface area contributed by atoms with Gasteiger partial charge in [-0.25, -0.2) is 27.2 Å². The van der Waals surface area contributed by atoms with Crippen molar-refractivity contribution in [2.24, 2.45) is 11.7 Å². The van der Waals surface area contributed by atoms with Gasteiger partial charge >= 0.3 is 0 Å². The van der Waals surface area contributed by atoms with Crippen LogP contribution in [-0.2, 0) is 14.8 Å². The number of imidazole rings is 1. The summed E-state index contributed by atoms with van der Waals surface area (Å²) in [5.74, 6) is -1.76. The Kier molecular flexibility index (Phi) is 8.63. The first-order valence-electron chi connectivity index (χ1n) is 14.8. The molecule has 0 bridgehead atoms. The maximum Gasteiger partial charge on any atom is 0.243 e. The molecule has 2 aromatic carbocycles. The zero-order chi connectivity index (χ0) is 31.9. The van der Waals surface area contributed by atoms with Crippen molar-refractivity contribution < 1.29 is 22.0 Å². The highest BCUT2D eigenvalue weighted by Crippen LogP contribution is 2.38. The van der Waals surface area contributed by atoms with Crippen molar-refractivity contribution in [3.05, 3.63) is 64.8 Å². The lowest BCUT2D eigenvalue weighted by molar-refractivity contribution is -0.122. The average molecular weight is 659 g/mol.